The third-order valence-electron chi connectivity index (χ3n) is 6.75. The van der Waals surface area contributed by atoms with Crippen molar-refractivity contribution in [2.24, 2.45) is 4.99 Å². The van der Waals surface area contributed by atoms with Gasteiger partial charge < -0.3 is 0 Å². The highest BCUT2D eigenvalue weighted by Gasteiger charge is 2.19. The van der Waals surface area contributed by atoms with Crippen LogP contribution in [0.2, 0.25) is 0 Å². The maximum atomic E-state index is 4.50. The van der Waals surface area contributed by atoms with E-state index in [9.17, 15) is 0 Å². The third kappa shape index (κ3) is 3.94. The fraction of sp³-hybridized carbons (Fsp3) is 0.0294. The molecule has 0 radical (unpaired) electrons. The molecule has 0 fully saturated rings. The van der Waals surface area contributed by atoms with Gasteiger partial charge in [0.1, 0.15) is 0 Å². The number of benzene rings is 6. The molecule has 6 rings (SSSR count). The summed E-state index contributed by atoms with van der Waals surface area (Å²) in [5.74, 6) is 0. The Morgan fingerprint density at radius 2 is 1.17 bits per heavy atom. The van der Waals surface area contributed by atoms with Crippen molar-refractivity contribution >= 4 is 43.7 Å². The highest BCUT2D eigenvalue weighted by atomic mass is 79.9. The summed E-state index contributed by atoms with van der Waals surface area (Å²) in [5, 5.41) is 4.94. The molecule has 172 valence electrons. The highest BCUT2D eigenvalue weighted by molar-refractivity contribution is 9.10. The standard InChI is InChI=1S/C34H24BrN/c1-36-22-32-29-15-9-8-14-28(29)31-21-26(23-10-4-2-5-11-23)20-30(24-16-18-27(35)19-17-24)34(31)33(32)25-12-6-3-7-13-25/h2-22H,1H3. The van der Waals surface area contributed by atoms with Crippen molar-refractivity contribution in [1.29, 1.82) is 0 Å². The molecule has 6 aromatic carbocycles. The minimum atomic E-state index is 1.07. The van der Waals surface area contributed by atoms with Crippen LogP contribution in [0, 0.1) is 0 Å². The SMILES string of the molecule is CN=Cc1c(-c2ccccc2)c2c(-c3ccc(Br)cc3)cc(-c3ccccc3)cc2c2ccccc12. The van der Waals surface area contributed by atoms with Crippen LogP contribution in [0.1, 0.15) is 5.56 Å². The van der Waals surface area contributed by atoms with Crippen LogP contribution < -0.4 is 0 Å². The van der Waals surface area contributed by atoms with Gasteiger partial charge in [0.25, 0.3) is 0 Å². The summed E-state index contributed by atoms with van der Waals surface area (Å²) in [6, 6.07) is 43.4. The van der Waals surface area contributed by atoms with E-state index in [1.54, 1.807) is 0 Å². The Morgan fingerprint density at radius 1 is 0.556 bits per heavy atom. The van der Waals surface area contributed by atoms with Crippen LogP contribution in [0.15, 0.2) is 131 Å². The number of hydrogen-bond donors (Lipinski definition) is 0. The average molecular weight is 526 g/mol. The molecule has 1 nitrogen and oxygen atoms in total. The van der Waals surface area contributed by atoms with Crippen LogP contribution in [0.25, 0.3) is 54.9 Å². The van der Waals surface area contributed by atoms with E-state index in [4.69, 9.17) is 0 Å². The zero-order valence-corrected chi connectivity index (χ0v) is 21.5. The Balaban J connectivity index is 1.87. The van der Waals surface area contributed by atoms with Gasteiger partial charge in [-0.05, 0) is 79.2 Å². The van der Waals surface area contributed by atoms with E-state index < -0.39 is 0 Å². The molecule has 6 aromatic rings. The second-order valence-electron chi connectivity index (χ2n) is 8.91. The summed E-state index contributed by atoms with van der Waals surface area (Å²) in [4.78, 5) is 4.50. The first-order chi connectivity index (χ1) is 17.7. The topological polar surface area (TPSA) is 12.4 Å². The van der Waals surface area contributed by atoms with Crippen LogP contribution in [-0.4, -0.2) is 13.3 Å². The normalized spacial score (nSPS) is 11.5. The first-order valence-corrected chi connectivity index (χ1v) is 12.9. The van der Waals surface area contributed by atoms with E-state index in [2.05, 4.69) is 142 Å². The van der Waals surface area contributed by atoms with Crippen LogP contribution >= 0.6 is 15.9 Å². The molecule has 0 saturated heterocycles. The number of halogens is 1. The fourth-order valence-corrected chi connectivity index (χ4v) is 5.43. The summed E-state index contributed by atoms with van der Waals surface area (Å²) in [5.41, 5.74) is 8.38. The van der Waals surface area contributed by atoms with Crippen LogP contribution in [0.5, 0.6) is 0 Å². The molecule has 0 bridgehead atoms. The lowest BCUT2D eigenvalue weighted by Crippen LogP contribution is -1.97. The van der Waals surface area contributed by atoms with Crippen molar-refractivity contribution in [3.63, 3.8) is 0 Å². The Morgan fingerprint density at radius 3 is 1.83 bits per heavy atom. The number of aliphatic imine (C=N–C) groups is 1. The molecular formula is C34H24BrN. The smallest absolute Gasteiger partial charge is 0.0294 e. The quantitative estimate of drug-likeness (QED) is 0.160. The zero-order valence-electron chi connectivity index (χ0n) is 19.9. The minimum absolute atomic E-state index is 1.07. The lowest BCUT2D eigenvalue weighted by molar-refractivity contribution is 1.47. The van der Waals surface area contributed by atoms with E-state index >= 15 is 0 Å². The summed E-state index contributed by atoms with van der Waals surface area (Å²) >= 11 is 3.62. The predicted octanol–water partition coefficient (Wildman–Crippen LogP) is 9.81. The van der Waals surface area contributed by atoms with Crippen molar-refractivity contribution in [2.75, 3.05) is 7.05 Å². The molecule has 36 heavy (non-hydrogen) atoms. The van der Waals surface area contributed by atoms with E-state index in [0.717, 1.165) is 10.0 Å². The van der Waals surface area contributed by atoms with Gasteiger partial charge in [0.15, 0.2) is 0 Å². The first kappa shape index (κ1) is 22.5. The summed E-state index contributed by atoms with van der Waals surface area (Å²) in [6.07, 6.45) is 2.01. The fourth-order valence-electron chi connectivity index (χ4n) is 5.17. The Hall–Kier alpha value is -4.01. The Bertz CT molecular complexity index is 1720. The Kier molecular flexibility index (Phi) is 5.96. The van der Waals surface area contributed by atoms with Gasteiger partial charge in [-0.2, -0.15) is 0 Å². The molecule has 0 saturated carbocycles. The second kappa shape index (κ2) is 9.56. The second-order valence-corrected chi connectivity index (χ2v) is 9.82. The van der Waals surface area contributed by atoms with Gasteiger partial charge in [0.2, 0.25) is 0 Å². The van der Waals surface area contributed by atoms with Crippen LogP contribution in [0.4, 0.5) is 0 Å². The number of fused-ring (bicyclic) bond motifs is 3. The molecule has 0 aliphatic rings. The summed E-state index contributed by atoms with van der Waals surface area (Å²) in [7, 11) is 1.85. The van der Waals surface area contributed by atoms with Crippen molar-refractivity contribution in [3.8, 4) is 33.4 Å². The molecule has 0 unspecified atom stereocenters. The van der Waals surface area contributed by atoms with E-state index in [0.29, 0.717) is 0 Å². The maximum absolute atomic E-state index is 4.50. The number of nitrogens with zero attached hydrogens (tertiary/aromatic N) is 1. The molecule has 0 amide bonds. The van der Waals surface area contributed by atoms with E-state index in [-0.39, 0.29) is 0 Å². The molecule has 0 N–H and O–H groups in total. The molecule has 0 aliphatic carbocycles. The van der Waals surface area contributed by atoms with Crippen molar-refractivity contribution < 1.29 is 0 Å². The lowest BCUT2D eigenvalue weighted by atomic mass is 9.83. The van der Waals surface area contributed by atoms with Gasteiger partial charge in [-0.3, -0.25) is 4.99 Å². The molecule has 2 heteroatoms. The molecule has 0 aliphatic heterocycles. The summed E-state index contributed by atoms with van der Waals surface area (Å²) in [6.45, 7) is 0. The largest absolute Gasteiger partial charge is 0.296 e. The lowest BCUT2D eigenvalue weighted by Gasteiger charge is -2.20. The Labute approximate surface area is 219 Å². The molecule has 0 atom stereocenters. The third-order valence-corrected chi connectivity index (χ3v) is 7.28. The molecule has 0 spiro atoms. The van der Waals surface area contributed by atoms with Gasteiger partial charge in [-0.1, -0.05) is 113 Å². The number of hydrogen-bond acceptors (Lipinski definition) is 1. The van der Waals surface area contributed by atoms with Gasteiger partial charge in [-0.25, -0.2) is 0 Å². The maximum Gasteiger partial charge on any atom is 0.0294 e. The van der Waals surface area contributed by atoms with Crippen molar-refractivity contribution in [2.45, 2.75) is 0 Å². The van der Waals surface area contributed by atoms with Crippen molar-refractivity contribution in [3.05, 3.63) is 131 Å². The number of rotatable bonds is 4. The van der Waals surface area contributed by atoms with E-state index in [1.807, 2.05) is 13.3 Å². The van der Waals surface area contributed by atoms with Gasteiger partial charge in [0, 0.05) is 23.3 Å². The average Bonchev–Trinajstić information content (AvgIpc) is 2.94. The molecular weight excluding hydrogens is 502 g/mol. The highest BCUT2D eigenvalue weighted by Crippen LogP contribution is 2.45. The van der Waals surface area contributed by atoms with Gasteiger partial charge in [-0.15, -0.1) is 0 Å². The minimum Gasteiger partial charge on any atom is -0.296 e. The van der Waals surface area contributed by atoms with Crippen LogP contribution in [-0.2, 0) is 0 Å². The summed E-state index contributed by atoms with van der Waals surface area (Å²) < 4.78 is 1.07. The first-order valence-electron chi connectivity index (χ1n) is 12.1. The molecule has 0 heterocycles. The van der Waals surface area contributed by atoms with Crippen molar-refractivity contribution in [1.82, 2.24) is 0 Å². The van der Waals surface area contributed by atoms with Gasteiger partial charge >= 0.3 is 0 Å². The molecule has 0 aromatic heterocycles. The van der Waals surface area contributed by atoms with Gasteiger partial charge in [0.05, 0.1) is 0 Å². The predicted molar refractivity (Wildman–Crippen MR) is 159 cm³/mol. The monoisotopic (exact) mass is 525 g/mol. The van der Waals surface area contributed by atoms with Crippen LogP contribution in [0.3, 0.4) is 0 Å². The van der Waals surface area contributed by atoms with E-state index in [1.165, 1.54) is 54.9 Å². The zero-order chi connectivity index (χ0) is 24.5.